The number of allylic oxidation sites excluding steroid dienone is 6. The van der Waals surface area contributed by atoms with Gasteiger partial charge in [-0.25, -0.2) is 0 Å². The minimum Gasteiger partial charge on any atom is -0.394 e. The van der Waals surface area contributed by atoms with Crippen LogP contribution in [0.4, 0.5) is 11.4 Å². The number of carbonyl (C=O) groups is 1. The van der Waals surface area contributed by atoms with Crippen LogP contribution in [0, 0.1) is 0 Å². The number of likely N-dealkylation sites (N-methyl/N-ethyl adjacent to an activating group) is 1. The molecule has 0 saturated carbocycles. The van der Waals surface area contributed by atoms with Crippen molar-refractivity contribution in [1.29, 1.82) is 0 Å². The standard InChI is InChI=1S/C43H59N3O14S2/c1-6-45-32-18-16-28(61(52,53)54)25-30(32)42(2,3)35(45)13-9-7-10-14-36-43(4,5)31-26-29(62(55,56)57)17-19-33(31)46(36)21-12-8-11-15-37(48)44-20-22-58-23-24-59-41-40(51)39(50)38(49)34(27-47)60-41/h7,9-10,13-14,16-19,25-26,34,38-41,47,49-51H,6,8,11-12,15,20-24,27H2,1-5H3,(H2-,44,48,52,53,54,55,56,57)/p+1/t34-,38+,39-,40-,41-/m0/s1. The van der Waals surface area contributed by atoms with Crippen LogP contribution >= 0.6 is 0 Å². The van der Waals surface area contributed by atoms with Crippen LogP contribution in [0.25, 0.3) is 0 Å². The number of rotatable bonds is 20. The van der Waals surface area contributed by atoms with Crippen molar-refractivity contribution in [2.24, 2.45) is 0 Å². The Labute approximate surface area is 363 Å². The number of aliphatic hydroxyl groups is 4. The predicted octanol–water partition coefficient (Wildman–Crippen LogP) is 2.88. The molecule has 3 heterocycles. The zero-order valence-electron chi connectivity index (χ0n) is 35.7. The Morgan fingerprint density at radius 2 is 1.53 bits per heavy atom. The van der Waals surface area contributed by atoms with E-state index in [1.165, 1.54) is 24.3 Å². The highest BCUT2D eigenvalue weighted by atomic mass is 32.2. The van der Waals surface area contributed by atoms with E-state index in [0.29, 0.717) is 25.9 Å². The monoisotopic (exact) mass is 906 g/mol. The van der Waals surface area contributed by atoms with Crippen molar-refractivity contribution >= 4 is 43.2 Å². The van der Waals surface area contributed by atoms with Crippen LogP contribution < -0.4 is 10.2 Å². The highest BCUT2D eigenvalue weighted by Crippen LogP contribution is 2.48. The summed E-state index contributed by atoms with van der Waals surface area (Å²) in [7, 11) is -8.81. The number of hydrogen-bond acceptors (Lipinski definition) is 13. The van der Waals surface area contributed by atoms with Gasteiger partial charge in [-0.05, 0) is 75.6 Å². The molecule has 7 N–H and O–H groups in total. The van der Waals surface area contributed by atoms with E-state index in [4.69, 9.17) is 14.2 Å². The number of ether oxygens (including phenoxy) is 3. The van der Waals surface area contributed by atoms with Crippen LogP contribution in [-0.4, -0.2) is 139 Å². The van der Waals surface area contributed by atoms with E-state index in [2.05, 4.69) is 14.8 Å². The first-order valence-corrected chi connectivity index (χ1v) is 23.5. The van der Waals surface area contributed by atoms with Crippen molar-refractivity contribution in [3.05, 3.63) is 83.6 Å². The van der Waals surface area contributed by atoms with E-state index >= 15 is 0 Å². The van der Waals surface area contributed by atoms with Gasteiger partial charge in [0, 0.05) is 60.4 Å². The lowest BCUT2D eigenvalue weighted by Gasteiger charge is -2.39. The van der Waals surface area contributed by atoms with Gasteiger partial charge in [-0.15, -0.1) is 0 Å². The van der Waals surface area contributed by atoms with Crippen molar-refractivity contribution < 1.29 is 69.9 Å². The molecule has 342 valence electrons. The summed E-state index contributed by atoms with van der Waals surface area (Å²) in [6, 6.07) is 9.22. The molecule has 1 saturated heterocycles. The maximum absolute atomic E-state index is 12.5. The predicted molar refractivity (Wildman–Crippen MR) is 230 cm³/mol. The van der Waals surface area contributed by atoms with Gasteiger partial charge < -0.3 is 44.9 Å². The highest BCUT2D eigenvalue weighted by molar-refractivity contribution is 7.86. The molecule has 5 atom stereocenters. The molecular weight excluding hydrogens is 847 g/mol. The van der Waals surface area contributed by atoms with Crippen molar-refractivity contribution in [3.63, 3.8) is 0 Å². The van der Waals surface area contributed by atoms with Crippen LogP contribution in [-0.2, 0) is 50.1 Å². The van der Waals surface area contributed by atoms with E-state index in [9.17, 15) is 51.2 Å². The van der Waals surface area contributed by atoms with Crippen molar-refractivity contribution in [2.45, 2.75) is 112 Å². The summed E-state index contributed by atoms with van der Waals surface area (Å²) in [5.74, 6) is -0.136. The molecule has 0 aliphatic carbocycles. The summed E-state index contributed by atoms with van der Waals surface area (Å²) in [6.45, 7) is 11.2. The summed E-state index contributed by atoms with van der Waals surface area (Å²) >= 11 is 0. The number of nitrogens with one attached hydrogen (secondary N) is 1. The lowest BCUT2D eigenvalue weighted by atomic mass is 9.81. The molecule has 3 aliphatic heterocycles. The summed E-state index contributed by atoms with van der Waals surface area (Å²) < 4.78 is 85.7. The highest BCUT2D eigenvalue weighted by Gasteiger charge is 2.46. The second-order valence-corrected chi connectivity index (χ2v) is 19.3. The normalized spacial score (nSPS) is 24.1. The maximum atomic E-state index is 12.5. The lowest BCUT2D eigenvalue weighted by molar-refractivity contribution is -0.438. The number of hydrogen-bond donors (Lipinski definition) is 7. The Bertz CT molecular complexity index is 2290. The number of carbonyl (C=O) groups excluding carboxylic acids is 1. The topological polar surface area (TPSA) is 253 Å². The second kappa shape index (κ2) is 20.3. The molecule has 1 amide bonds. The molecule has 0 aromatic heterocycles. The summed E-state index contributed by atoms with van der Waals surface area (Å²) in [6.07, 6.45) is 5.21. The van der Waals surface area contributed by atoms with Crippen LogP contribution in [0.3, 0.4) is 0 Å². The molecule has 0 spiro atoms. The molecule has 19 heteroatoms. The zero-order chi connectivity index (χ0) is 45.6. The fraction of sp³-hybridized carbons (Fsp3) is 0.535. The van der Waals surface area contributed by atoms with Crippen LogP contribution in [0.1, 0.15) is 71.4 Å². The van der Waals surface area contributed by atoms with Gasteiger partial charge in [-0.2, -0.15) is 21.4 Å². The van der Waals surface area contributed by atoms with Gasteiger partial charge in [0.25, 0.3) is 20.2 Å². The van der Waals surface area contributed by atoms with Crippen LogP contribution in [0.5, 0.6) is 0 Å². The molecule has 5 rings (SSSR count). The molecule has 2 aromatic rings. The molecule has 0 bridgehead atoms. The quantitative estimate of drug-likeness (QED) is 0.0437. The van der Waals surface area contributed by atoms with E-state index < -0.39 is 68.4 Å². The minimum atomic E-state index is -4.44. The van der Waals surface area contributed by atoms with Crippen LogP contribution in [0.15, 0.2) is 82.3 Å². The van der Waals surface area contributed by atoms with Gasteiger partial charge in [0.15, 0.2) is 12.0 Å². The van der Waals surface area contributed by atoms with E-state index in [-0.39, 0.29) is 42.1 Å². The fourth-order valence-corrected chi connectivity index (χ4v) is 9.20. The first kappa shape index (κ1) is 49.2. The molecule has 0 unspecified atom stereocenters. The summed E-state index contributed by atoms with van der Waals surface area (Å²) in [5.41, 5.74) is 3.89. The van der Waals surface area contributed by atoms with Gasteiger partial charge >= 0.3 is 0 Å². The Hall–Kier alpha value is -3.86. The smallest absolute Gasteiger partial charge is 0.294 e. The largest absolute Gasteiger partial charge is 0.394 e. The number of unbranched alkanes of at least 4 members (excludes halogenated alkanes) is 2. The lowest BCUT2D eigenvalue weighted by Crippen LogP contribution is -2.59. The minimum absolute atomic E-state index is 0.000711. The first-order chi connectivity index (χ1) is 29.1. The molecule has 2 aromatic carbocycles. The third kappa shape index (κ3) is 11.1. The molecule has 3 aliphatic rings. The number of benzene rings is 2. The number of fused-ring (bicyclic) bond motifs is 2. The first-order valence-electron chi connectivity index (χ1n) is 20.6. The summed E-state index contributed by atoms with van der Waals surface area (Å²) in [4.78, 5) is 14.3. The Morgan fingerprint density at radius 3 is 2.19 bits per heavy atom. The van der Waals surface area contributed by atoms with Gasteiger partial charge in [-0.3, -0.25) is 13.9 Å². The fourth-order valence-electron chi connectivity index (χ4n) is 8.18. The second-order valence-electron chi connectivity index (χ2n) is 16.5. The molecule has 1 fully saturated rings. The van der Waals surface area contributed by atoms with Crippen molar-refractivity contribution in [1.82, 2.24) is 5.32 Å². The molecule has 62 heavy (non-hydrogen) atoms. The number of nitrogens with zero attached hydrogens (tertiary/aromatic N) is 2. The van der Waals surface area contributed by atoms with E-state index in [1.54, 1.807) is 12.1 Å². The molecule has 17 nitrogen and oxygen atoms in total. The van der Waals surface area contributed by atoms with Gasteiger partial charge in [0.2, 0.25) is 11.6 Å². The summed E-state index contributed by atoms with van der Waals surface area (Å²) in [5, 5.41) is 41.9. The van der Waals surface area contributed by atoms with Gasteiger partial charge in [0.05, 0.1) is 41.6 Å². The van der Waals surface area contributed by atoms with Crippen molar-refractivity contribution in [3.8, 4) is 0 Å². The third-order valence-corrected chi connectivity index (χ3v) is 13.3. The maximum Gasteiger partial charge on any atom is 0.294 e. The van der Waals surface area contributed by atoms with Gasteiger partial charge in [-0.1, -0.05) is 32.1 Å². The number of aliphatic hydroxyl groups excluding tert-OH is 4. The Kier molecular flexibility index (Phi) is 16.1. The van der Waals surface area contributed by atoms with Crippen LogP contribution in [0.2, 0.25) is 0 Å². The van der Waals surface area contributed by atoms with E-state index in [1.807, 2.05) is 65.0 Å². The van der Waals surface area contributed by atoms with E-state index in [0.717, 1.165) is 46.8 Å². The SMILES string of the molecule is CCN1C(=CC=CC=CC2=[N+](CCCCCC(=O)NCCOCCO[C@H]3O[C@@H](CO)[C@@H](O)[C@H](O)[C@@H]3O)c3ccc(S(=O)(=O)O)cc3C2(C)C)C(C)(C)c2cc(S(=O)(=O)O)ccc21. The Balaban J connectivity index is 1.16. The average molecular weight is 907 g/mol. The molecular formula is C43H60N3O14S2+. The third-order valence-electron chi connectivity index (χ3n) is 11.6. The number of amides is 1. The average Bonchev–Trinajstić information content (AvgIpc) is 3.56. The zero-order valence-corrected chi connectivity index (χ0v) is 37.3. The van der Waals surface area contributed by atoms with Gasteiger partial charge in [0.1, 0.15) is 31.0 Å². The molecule has 0 radical (unpaired) electrons. The number of anilines is 1. The Morgan fingerprint density at radius 1 is 0.855 bits per heavy atom. The van der Waals surface area contributed by atoms with Crippen molar-refractivity contribution in [2.75, 3.05) is 51.0 Å².